The van der Waals surface area contributed by atoms with Gasteiger partial charge >= 0.3 is 11.9 Å². The van der Waals surface area contributed by atoms with Gasteiger partial charge in [-0.2, -0.15) is 0 Å². The van der Waals surface area contributed by atoms with E-state index in [9.17, 15) is 9.59 Å². The van der Waals surface area contributed by atoms with Crippen molar-refractivity contribution in [3.05, 3.63) is 0 Å². The molecule has 0 aromatic rings. The van der Waals surface area contributed by atoms with E-state index in [2.05, 4.69) is 13.8 Å². The van der Waals surface area contributed by atoms with Crippen molar-refractivity contribution in [2.45, 2.75) is 244 Å². The van der Waals surface area contributed by atoms with E-state index in [1.54, 1.807) is 0 Å². The Morgan fingerprint density at radius 2 is 0.783 bits per heavy atom. The summed E-state index contributed by atoms with van der Waals surface area (Å²) in [6.45, 7) is 8.24. The van der Waals surface area contributed by atoms with Crippen LogP contribution in [0.4, 0.5) is 0 Å². The average Bonchev–Trinajstić information content (AvgIpc) is 3.68. The molecule has 0 heterocycles. The summed E-state index contributed by atoms with van der Waals surface area (Å²) < 4.78 is 24.1. The highest BCUT2D eigenvalue weighted by molar-refractivity contribution is 5.70. The highest BCUT2D eigenvalue weighted by Gasteiger charge is 2.37. The number of rotatable bonds is 29. The molecular formula is C40H74O6. The van der Waals surface area contributed by atoms with E-state index in [0.717, 1.165) is 38.5 Å². The van der Waals surface area contributed by atoms with Gasteiger partial charge in [0, 0.05) is 12.8 Å². The van der Waals surface area contributed by atoms with Gasteiger partial charge in [-0.25, -0.2) is 0 Å². The summed E-state index contributed by atoms with van der Waals surface area (Å²) in [6, 6.07) is 0. The standard InChI is InChI=1S/C40H74O6/c1-5-7-9-11-13-15-17-21-29-39(31-23-24-32-39)45-35(3)43-37(41)27-19-20-28-38(42)44-36(4)46-40(33-25-26-34-40)30-22-18-16-14-12-10-8-6-2/h35-36H,5-34H2,1-4H3. The van der Waals surface area contributed by atoms with Gasteiger partial charge in [0.25, 0.3) is 0 Å². The molecule has 6 heteroatoms. The third-order valence-electron chi connectivity index (χ3n) is 10.4. The Bertz CT molecular complexity index is 706. The molecular weight excluding hydrogens is 576 g/mol. The zero-order valence-electron chi connectivity index (χ0n) is 30.8. The summed E-state index contributed by atoms with van der Waals surface area (Å²) >= 11 is 0. The maximum absolute atomic E-state index is 12.5. The topological polar surface area (TPSA) is 71.1 Å². The average molecular weight is 651 g/mol. The lowest BCUT2D eigenvalue weighted by Gasteiger charge is -2.32. The molecule has 0 N–H and O–H groups in total. The smallest absolute Gasteiger partial charge is 0.308 e. The van der Waals surface area contributed by atoms with E-state index < -0.39 is 12.6 Å². The molecule has 2 rings (SSSR count). The highest BCUT2D eigenvalue weighted by Crippen LogP contribution is 2.40. The van der Waals surface area contributed by atoms with Crippen LogP contribution in [0.25, 0.3) is 0 Å². The SMILES string of the molecule is CCCCCCCCCCC1(OC(C)OC(=O)CCCCC(=O)OC(C)OC2(CCCCCCCCCC)CCCC2)CCCC1. The van der Waals surface area contributed by atoms with Crippen molar-refractivity contribution in [2.75, 3.05) is 0 Å². The monoisotopic (exact) mass is 651 g/mol. The molecule has 2 saturated carbocycles. The summed E-state index contributed by atoms with van der Waals surface area (Å²) in [5, 5.41) is 0. The van der Waals surface area contributed by atoms with E-state index in [4.69, 9.17) is 18.9 Å². The minimum Gasteiger partial charge on any atom is -0.436 e. The normalized spacial score (nSPS) is 18.4. The van der Waals surface area contributed by atoms with Crippen molar-refractivity contribution in [1.82, 2.24) is 0 Å². The first-order chi connectivity index (χ1) is 22.3. The fraction of sp³-hybridized carbons (Fsp3) is 0.950. The molecule has 6 nitrogen and oxygen atoms in total. The highest BCUT2D eigenvalue weighted by atomic mass is 16.7. The maximum atomic E-state index is 12.5. The van der Waals surface area contributed by atoms with Crippen LogP contribution >= 0.6 is 0 Å². The Hall–Kier alpha value is -1.14. The Morgan fingerprint density at radius 1 is 0.478 bits per heavy atom. The van der Waals surface area contributed by atoms with Crippen LogP contribution in [0.3, 0.4) is 0 Å². The lowest BCUT2D eigenvalue weighted by molar-refractivity contribution is -0.210. The summed E-state index contributed by atoms with van der Waals surface area (Å²) in [5.74, 6) is -0.496. The fourth-order valence-electron chi connectivity index (χ4n) is 7.83. The van der Waals surface area contributed by atoms with Crippen LogP contribution in [0.1, 0.15) is 220 Å². The van der Waals surface area contributed by atoms with Crippen LogP contribution in [0.15, 0.2) is 0 Å². The van der Waals surface area contributed by atoms with Gasteiger partial charge in [-0.05, 0) is 65.2 Å². The Morgan fingerprint density at radius 3 is 1.11 bits per heavy atom. The van der Waals surface area contributed by atoms with Gasteiger partial charge in [-0.1, -0.05) is 142 Å². The summed E-state index contributed by atoms with van der Waals surface area (Å²) in [4.78, 5) is 25.1. The lowest BCUT2D eigenvalue weighted by Crippen LogP contribution is -2.35. The zero-order valence-corrected chi connectivity index (χ0v) is 30.8. The van der Waals surface area contributed by atoms with Crippen molar-refractivity contribution in [1.29, 1.82) is 0 Å². The summed E-state index contributed by atoms with van der Waals surface area (Å²) in [7, 11) is 0. The predicted octanol–water partition coefficient (Wildman–Crippen LogP) is 12.0. The molecule has 0 saturated heterocycles. The van der Waals surface area contributed by atoms with Crippen LogP contribution in [-0.4, -0.2) is 35.7 Å². The number of hydrogen-bond acceptors (Lipinski definition) is 6. The molecule has 46 heavy (non-hydrogen) atoms. The third kappa shape index (κ3) is 18.4. The second-order valence-electron chi connectivity index (χ2n) is 14.8. The predicted molar refractivity (Wildman–Crippen MR) is 189 cm³/mol. The first-order valence-corrected chi connectivity index (χ1v) is 20.1. The largest absolute Gasteiger partial charge is 0.436 e. The van der Waals surface area contributed by atoms with Crippen LogP contribution in [-0.2, 0) is 28.5 Å². The van der Waals surface area contributed by atoms with E-state index in [0.29, 0.717) is 25.7 Å². The van der Waals surface area contributed by atoms with E-state index >= 15 is 0 Å². The number of carbonyl (C=O) groups is 2. The van der Waals surface area contributed by atoms with Crippen LogP contribution in [0.5, 0.6) is 0 Å². The van der Waals surface area contributed by atoms with Gasteiger partial charge in [0.2, 0.25) is 12.6 Å². The summed E-state index contributed by atoms with van der Waals surface area (Å²) in [5.41, 5.74) is -0.259. The number of hydrogen-bond donors (Lipinski definition) is 0. The van der Waals surface area contributed by atoms with Gasteiger partial charge in [-0.15, -0.1) is 0 Å². The molecule has 2 unspecified atom stereocenters. The van der Waals surface area contributed by atoms with Gasteiger partial charge in [-0.3, -0.25) is 9.59 Å². The van der Waals surface area contributed by atoms with Crippen molar-refractivity contribution in [2.24, 2.45) is 0 Å². The molecule has 0 aromatic heterocycles. The molecule has 2 atom stereocenters. The molecule has 2 fully saturated rings. The van der Waals surface area contributed by atoms with Crippen molar-refractivity contribution < 1.29 is 28.5 Å². The molecule has 2 aliphatic rings. The number of ether oxygens (including phenoxy) is 4. The van der Waals surface area contributed by atoms with E-state index in [-0.39, 0.29) is 23.1 Å². The number of unbranched alkanes of at least 4 members (excludes halogenated alkanes) is 15. The van der Waals surface area contributed by atoms with Crippen LogP contribution in [0.2, 0.25) is 0 Å². The third-order valence-corrected chi connectivity index (χ3v) is 10.4. The molecule has 2 aliphatic carbocycles. The summed E-state index contributed by atoms with van der Waals surface area (Å²) in [6.07, 6.45) is 32.8. The maximum Gasteiger partial charge on any atom is 0.308 e. The van der Waals surface area contributed by atoms with Crippen LogP contribution < -0.4 is 0 Å². The van der Waals surface area contributed by atoms with Crippen LogP contribution in [0, 0.1) is 0 Å². The Balaban J connectivity index is 1.57. The molecule has 0 aromatic carbocycles. The molecule has 0 aliphatic heterocycles. The van der Waals surface area contributed by atoms with Crippen molar-refractivity contribution in [3.8, 4) is 0 Å². The number of esters is 2. The van der Waals surface area contributed by atoms with Gasteiger partial charge in [0.05, 0.1) is 11.2 Å². The first kappa shape index (κ1) is 41.0. The van der Waals surface area contributed by atoms with Gasteiger partial charge in [0.1, 0.15) is 0 Å². The molecule has 0 amide bonds. The number of carbonyl (C=O) groups excluding carboxylic acids is 2. The second-order valence-corrected chi connectivity index (χ2v) is 14.8. The van der Waals surface area contributed by atoms with E-state index in [1.807, 2.05) is 13.8 Å². The van der Waals surface area contributed by atoms with Crippen molar-refractivity contribution in [3.63, 3.8) is 0 Å². The first-order valence-electron chi connectivity index (χ1n) is 20.1. The molecule has 0 bridgehead atoms. The molecule has 0 radical (unpaired) electrons. The zero-order chi connectivity index (χ0) is 33.4. The Labute approximate surface area is 284 Å². The van der Waals surface area contributed by atoms with Gasteiger partial charge < -0.3 is 18.9 Å². The van der Waals surface area contributed by atoms with Crippen molar-refractivity contribution >= 4 is 11.9 Å². The minimum atomic E-state index is -0.531. The quantitative estimate of drug-likeness (QED) is 0.0456. The van der Waals surface area contributed by atoms with Gasteiger partial charge in [0.15, 0.2) is 0 Å². The second kappa shape index (κ2) is 24.9. The molecule has 0 spiro atoms. The lowest BCUT2D eigenvalue weighted by atomic mass is 9.93. The van der Waals surface area contributed by atoms with E-state index in [1.165, 1.54) is 128 Å². The minimum absolute atomic E-state index is 0.130. The Kier molecular flexibility index (Phi) is 22.2. The fourth-order valence-corrected chi connectivity index (χ4v) is 7.83. The molecule has 270 valence electrons.